The van der Waals surface area contributed by atoms with Crippen molar-refractivity contribution in [3.8, 4) is 0 Å². The quantitative estimate of drug-likeness (QED) is 0.504. The molecule has 18 heavy (non-hydrogen) atoms. The summed E-state index contributed by atoms with van der Waals surface area (Å²) in [4.78, 5) is 11.7. The zero-order chi connectivity index (χ0) is 14.0. The molecule has 0 aromatic heterocycles. The van der Waals surface area contributed by atoms with Crippen molar-refractivity contribution in [3.05, 3.63) is 0 Å². The molecule has 2 heteroatoms. The van der Waals surface area contributed by atoms with Gasteiger partial charge in [-0.1, -0.05) is 66.2 Å². The van der Waals surface area contributed by atoms with E-state index in [-0.39, 0.29) is 5.92 Å². The molecule has 0 bridgehead atoms. The minimum atomic E-state index is -0.812. The lowest BCUT2D eigenvalue weighted by molar-refractivity contribution is -0.161. The zero-order valence-corrected chi connectivity index (χ0v) is 12.8. The molecule has 107 valence electrons. The van der Waals surface area contributed by atoms with Gasteiger partial charge in [0.15, 0.2) is 0 Å². The first-order chi connectivity index (χ1) is 8.55. The minimum absolute atomic E-state index is 0.237. The Morgan fingerprint density at radius 2 is 1.39 bits per heavy atom. The SMILES string of the molecule is CCCCC(C)C(CCCC)(CCCC)C([O])=O. The zero-order valence-electron chi connectivity index (χ0n) is 12.8. The highest BCUT2D eigenvalue weighted by atomic mass is 16.4. The van der Waals surface area contributed by atoms with E-state index < -0.39 is 11.4 Å². The fourth-order valence-electron chi connectivity index (χ4n) is 2.79. The molecule has 0 aliphatic heterocycles. The van der Waals surface area contributed by atoms with Crippen LogP contribution in [0.5, 0.6) is 0 Å². The molecule has 0 aliphatic rings. The number of hydrogen-bond donors (Lipinski definition) is 0. The molecular weight excluding hydrogens is 224 g/mol. The van der Waals surface area contributed by atoms with Gasteiger partial charge < -0.3 is 0 Å². The number of carbonyl (C=O) groups is 1. The molecule has 0 rings (SSSR count). The Balaban J connectivity index is 4.85. The summed E-state index contributed by atoms with van der Waals surface area (Å²) in [6, 6.07) is 0. The summed E-state index contributed by atoms with van der Waals surface area (Å²) in [5.41, 5.74) is -0.582. The summed E-state index contributed by atoms with van der Waals surface area (Å²) in [5, 5.41) is 11.7. The summed E-state index contributed by atoms with van der Waals surface area (Å²) >= 11 is 0. The highest BCUT2D eigenvalue weighted by molar-refractivity contribution is 5.74. The molecule has 1 radical (unpaired) electrons. The molecule has 1 atom stereocenters. The lowest BCUT2D eigenvalue weighted by Gasteiger charge is -2.34. The summed E-state index contributed by atoms with van der Waals surface area (Å²) in [6.45, 7) is 8.51. The fourth-order valence-corrected chi connectivity index (χ4v) is 2.79. The first-order valence-electron chi connectivity index (χ1n) is 7.76. The third-order valence-electron chi connectivity index (χ3n) is 4.29. The summed E-state index contributed by atoms with van der Waals surface area (Å²) in [7, 11) is 0. The first-order valence-corrected chi connectivity index (χ1v) is 7.76. The number of rotatable bonds is 11. The second-order valence-corrected chi connectivity index (χ2v) is 5.69. The van der Waals surface area contributed by atoms with E-state index in [2.05, 4.69) is 27.7 Å². The summed E-state index contributed by atoms with van der Waals surface area (Å²) in [5.74, 6) is -0.575. The van der Waals surface area contributed by atoms with Crippen molar-refractivity contribution in [2.24, 2.45) is 11.3 Å². The second kappa shape index (κ2) is 9.41. The molecule has 2 nitrogen and oxygen atoms in total. The molecular formula is C16H31O2. The van der Waals surface area contributed by atoms with E-state index in [0.717, 1.165) is 57.8 Å². The number of hydrogen-bond acceptors (Lipinski definition) is 1. The molecule has 0 aliphatic carbocycles. The molecule has 0 spiro atoms. The van der Waals surface area contributed by atoms with Crippen LogP contribution in [0.3, 0.4) is 0 Å². The molecule has 0 heterocycles. The first kappa shape index (κ1) is 17.5. The molecule has 0 aromatic rings. The van der Waals surface area contributed by atoms with E-state index in [9.17, 15) is 9.90 Å². The van der Waals surface area contributed by atoms with E-state index in [1.54, 1.807) is 0 Å². The molecule has 0 saturated heterocycles. The average Bonchev–Trinajstić information content (AvgIpc) is 2.36. The van der Waals surface area contributed by atoms with Gasteiger partial charge in [0.1, 0.15) is 0 Å². The largest absolute Gasteiger partial charge is 0.361 e. The van der Waals surface area contributed by atoms with E-state index in [4.69, 9.17) is 0 Å². The Morgan fingerprint density at radius 1 is 0.944 bits per heavy atom. The normalized spacial score (nSPS) is 13.6. The van der Waals surface area contributed by atoms with Gasteiger partial charge in [-0.2, -0.15) is 0 Å². The summed E-state index contributed by atoms with van der Waals surface area (Å²) in [6.07, 6.45) is 8.94. The van der Waals surface area contributed by atoms with Crippen LogP contribution in [0.25, 0.3) is 0 Å². The smallest absolute Gasteiger partial charge is 0.247 e. The van der Waals surface area contributed by atoms with Crippen LogP contribution >= 0.6 is 0 Å². The third-order valence-corrected chi connectivity index (χ3v) is 4.29. The van der Waals surface area contributed by atoms with Crippen LogP contribution in [0.2, 0.25) is 0 Å². The lowest BCUT2D eigenvalue weighted by Crippen LogP contribution is -2.37. The predicted molar refractivity (Wildman–Crippen MR) is 75.9 cm³/mol. The van der Waals surface area contributed by atoms with Gasteiger partial charge >= 0.3 is 5.97 Å². The van der Waals surface area contributed by atoms with Crippen molar-refractivity contribution >= 4 is 5.97 Å². The predicted octanol–water partition coefficient (Wildman–Crippen LogP) is 5.14. The van der Waals surface area contributed by atoms with Gasteiger partial charge in [-0.15, -0.1) is 0 Å². The van der Waals surface area contributed by atoms with Gasteiger partial charge in [-0.25, -0.2) is 9.90 Å². The molecule has 0 fully saturated rings. The molecule has 0 N–H and O–H groups in total. The Hall–Kier alpha value is -0.530. The van der Waals surface area contributed by atoms with Crippen molar-refractivity contribution in [1.82, 2.24) is 0 Å². The van der Waals surface area contributed by atoms with Crippen LogP contribution < -0.4 is 0 Å². The maximum atomic E-state index is 11.7. The van der Waals surface area contributed by atoms with Crippen molar-refractivity contribution < 1.29 is 9.90 Å². The van der Waals surface area contributed by atoms with Gasteiger partial charge in [0.2, 0.25) is 0 Å². The third kappa shape index (κ3) is 4.99. The van der Waals surface area contributed by atoms with Gasteiger partial charge in [0, 0.05) is 0 Å². The van der Waals surface area contributed by atoms with Gasteiger partial charge in [-0.05, 0) is 25.2 Å². The molecule has 0 aromatic carbocycles. The molecule has 0 saturated carbocycles. The Kier molecular flexibility index (Phi) is 9.13. The van der Waals surface area contributed by atoms with Crippen LogP contribution in [0, 0.1) is 11.3 Å². The van der Waals surface area contributed by atoms with Crippen LogP contribution in [-0.4, -0.2) is 5.97 Å². The maximum absolute atomic E-state index is 11.7. The van der Waals surface area contributed by atoms with Crippen molar-refractivity contribution in [1.29, 1.82) is 0 Å². The van der Waals surface area contributed by atoms with E-state index in [0.29, 0.717) is 0 Å². The van der Waals surface area contributed by atoms with E-state index >= 15 is 0 Å². The van der Waals surface area contributed by atoms with Crippen molar-refractivity contribution in [2.45, 2.75) is 85.5 Å². The number of unbranched alkanes of at least 4 members (excludes halogenated alkanes) is 3. The van der Waals surface area contributed by atoms with Crippen molar-refractivity contribution in [2.75, 3.05) is 0 Å². The van der Waals surface area contributed by atoms with Crippen LogP contribution in [0.4, 0.5) is 0 Å². The maximum Gasteiger partial charge on any atom is 0.361 e. The monoisotopic (exact) mass is 255 g/mol. The Bertz CT molecular complexity index is 215. The number of carbonyl (C=O) groups excluding carboxylic acids is 1. The van der Waals surface area contributed by atoms with Gasteiger partial charge in [0.05, 0.1) is 5.41 Å². The Morgan fingerprint density at radius 3 is 1.72 bits per heavy atom. The highest BCUT2D eigenvalue weighted by Crippen LogP contribution is 2.41. The van der Waals surface area contributed by atoms with Gasteiger partial charge in [0.25, 0.3) is 0 Å². The van der Waals surface area contributed by atoms with Crippen LogP contribution in [0.1, 0.15) is 85.5 Å². The lowest BCUT2D eigenvalue weighted by atomic mass is 9.68. The standard InChI is InChI=1S/C16H31O2/c1-5-8-11-14(4)16(15(17)18,12-9-6-2)13-10-7-3/h14H,5-13H2,1-4H3. The van der Waals surface area contributed by atoms with Gasteiger partial charge in [-0.3, -0.25) is 0 Å². The fraction of sp³-hybridized carbons (Fsp3) is 0.938. The van der Waals surface area contributed by atoms with E-state index in [1.807, 2.05) is 0 Å². The second-order valence-electron chi connectivity index (χ2n) is 5.69. The highest BCUT2D eigenvalue weighted by Gasteiger charge is 2.43. The average molecular weight is 255 g/mol. The van der Waals surface area contributed by atoms with Crippen LogP contribution in [-0.2, 0) is 9.90 Å². The molecule has 1 unspecified atom stereocenters. The molecule has 0 amide bonds. The van der Waals surface area contributed by atoms with Crippen LogP contribution in [0.15, 0.2) is 0 Å². The van der Waals surface area contributed by atoms with E-state index in [1.165, 1.54) is 0 Å². The van der Waals surface area contributed by atoms with Crippen molar-refractivity contribution in [3.63, 3.8) is 0 Å². The Labute approximate surface area is 113 Å². The summed E-state index contributed by atoms with van der Waals surface area (Å²) < 4.78 is 0. The topological polar surface area (TPSA) is 37.0 Å². The minimum Gasteiger partial charge on any atom is -0.247 e.